The fourth-order valence-electron chi connectivity index (χ4n) is 3.24. The van der Waals surface area contributed by atoms with Crippen molar-refractivity contribution in [3.05, 3.63) is 29.8 Å². The molecule has 2 aliphatic heterocycles. The SMILES string of the molecule is Cc1cccc(NC(=O)NCC(=O)N2CCC(C3OCCO3)CC2)c1. The molecule has 25 heavy (non-hydrogen) atoms. The van der Waals surface area contributed by atoms with Crippen LogP contribution in [0.5, 0.6) is 0 Å². The fourth-order valence-corrected chi connectivity index (χ4v) is 3.24. The highest BCUT2D eigenvalue weighted by atomic mass is 16.7. The van der Waals surface area contributed by atoms with Crippen LogP contribution >= 0.6 is 0 Å². The molecule has 7 heteroatoms. The summed E-state index contributed by atoms with van der Waals surface area (Å²) in [5, 5.41) is 5.35. The number of aryl methyl sites for hydroxylation is 1. The summed E-state index contributed by atoms with van der Waals surface area (Å²) in [6.07, 6.45) is 1.62. The average molecular weight is 347 g/mol. The van der Waals surface area contributed by atoms with E-state index in [0.717, 1.165) is 18.4 Å². The summed E-state index contributed by atoms with van der Waals surface area (Å²) in [7, 11) is 0. The second kappa shape index (κ2) is 8.31. The highest BCUT2D eigenvalue weighted by molar-refractivity contribution is 5.92. The third-order valence-electron chi connectivity index (χ3n) is 4.60. The van der Waals surface area contributed by atoms with Crippen LogP contribution in [0.3, 0.4) is 0 Å². The first-order valence-electron chi connectivity index (χ1n) is 8.74. The van der Waals surface area contributed by atoms with Crippen molar-refractivity contribution in [2.24, 2.45) is 5.92 Å². The number of anilines is 1. The van der Waals surface area contributed by atoms with Crippen LogP contribution in [0.15, 0.2) is 24.3 Å². The van der Waals surface area contributed by atoms with Crippen molar-refractivity contribution < 1.29 is 19.1 Å². The largest absolute Gasteiger partial charge is 0.350 e. The van der Waals surface area contributed by atoms with Crippen molar-refractivity contribution in [1.29, 1.82) is 0 Å². The molecular formula is C18H25N3O4. The number of nitrogens with zero attached hydrogens (tertiary/aromatic N) is 1. The van der Waals surface area contributed by atoms with Crippen molar-refractivity contribution in [1.82, 2.24) is 10.2 Å². The van der Waals surface area contributed by atoms with Gasteiger partial charge in [-0.2, -0.15) is 0 Å². The minimum absolute atomic E-state index is 0.00125. The minimum atomic E-state index is -0.374. The first-order chi connectivity index (χ1) is 12.1. The maximum absolute atomic E-state index is 12.3. The summed E-state index contributed by atoms with van der Waals surface area (Å²) in [5.74, 6) is 0.287. The number of nitrogens with one attached hydrogen (secondary N) is 2. The highest BCUT2D eigenvalue weighted by Crippen LogP contribution is 2.25. The molecule has 0 atom stereocenters. The monoisotopic (exact) mass is 347 g/mol. The van der Waals surface area contributed by atoms with E-state index in [-0.39, 0.29) is 24.8 Å². The lowest BCUT2D eigenvalue weighted by molar-refractivity contribution is -0.135. The van der Waals surface area contributed by atoms with Gasteiger partial charge in [0.1, 0.15) is 0 Å². The number of hydrogen-bond acceptors (Lipinski definition) is 4. The Morgan fingerprint density at radius 3 is 2.60 bits per heavy atom. The zero-order chi connectivity index (χ0) is 17.6. The van der Waals surface area contributed by atoms with Gasteiger partial charge in [0, 0.05) is 24.7 Å². The molecule has 0 aliphatic carbocycles. The maximum Gasteiger partial charge on any atom is 0.319 e. The Bertz CT molecular complexity index is 608. The molecule has 2 aliphatic rings. The van der Waals surface area contributed by atoms with E-state index in [1.54, 1.807) is 4.90 Å². The smallest absolute Gasteiger partial charge is 0.319 e. The quantitative estimate of drug-likeness (QED) is 0.869. The lowest BCUT2D eigenvalue weighted by Gasteiger charge is -2.33. The molecule has 0 radical (unpaired) electrons. The number of benzene rings is 1. The van der Waals surface area contributed by atoms with E-state index in [9.17, 15) is 9.59 Å². The molecule has 1 aromatic rings. The molecule has 2 fully saturated rings. The lowest BCUT2D eigenvalue weighted by Crippen LogP contribution is -2.46. The molecule has 1 aromatic carbocycles. The summed E-state index contributed by atoms with van der Waals surface area (Å²) in [6.45, 7) is 4.62. The number of carbonyl (C=O) groups excluding carboxylic acids is 2. The van der Waals surface area contributed by atoms with Gasteiger partial charge in [0.2, 0.25) is 5.91 Å². The van der Waals surface area contributed by atoms with Crippen LogP contribution in [0.25, 0.3) is 0 Å². The number of hydrogen-bond donors (Lipinski definition) is 2. The number of rotatable bonds is 4. The van der Waals surface area contributed by atoms with E-state index in [1.165, 1.54) is 0 Å². The van der Waals surface area contributed by atoms with Crippen LogP contribution < -0.4 is 10.6 Å². The Kier molecular flexibility index (Phi) is 5.88. The van der Waals surface area contributed by atoms with Crippen LogP contribution in [-0.2, 0) is 14.3 Å². The van der Waals surface area contributed by atoms with Crippen molar-refractivity contribution in [3.8, 4) is 0 Å². The van der Waals surface area contributed by atoms with Gasteiger partial charge in [0.15, 0.2) is 6.29 Å². The van der Waals surface area contributed by atoms with Crippen LogP contribution in [0, 0.1) is 12.8 Å². The standard InChI is InChI=1S/C18H25N3O4/c1-13-3-2-4-15(11-13)20-18(23)19-12-16(22)21-7-5-14(6-8-21)17-24-9-10-25-17/h2-4,11,14,17H,5-10,12H2,1H3,(H2,19,20,23). The molecule has 3 rings (SSSR count). The molecule has 136 valence electrons. The third kappa shape index (κ3) is 4.93. The van der Waals surface area contributed by atoms with Gasteiger partial charge < -0.3 is 25.0 Å². The topological polar surface area (TPSA) is 79.9 Å². The van der Waals surface area contributed by atoms with Gasteiger partial charge in [0.05, 0.1) is 19.8 Å². The van der Waals surface area contributed by atoms with E-state index >= 15 is 0 Å². The van der Waals surface area contributed by atoms with Crippen molar-refractivity contribution in [2.75, 3.05) is 38.2 Å². The Hall–Kier alpha value is -2.12. The molecule has 0 spiro atoms. The van der Waals surface area contributed by atoms with Crippen LogP contribution in [0.2, 0.25) is 0 Å². The Balaban J connectivity index is 1.38. The van der Waals surface area contributed by atoms with Gasteiger partial charge >= 0.3 is 6.03 Å². The van der Waals surface area contributed by atoms with Gasteiger partial charge in [0.25, 0.3) is 0 Å². The van der Waals surface area contributed by atoms with Crippen molar-refractivity contribution in [3.63, 3.8) is 0 Å². The Labute approximate surface area is 147 Å². The zero-order valence-corrected chi connectivity index (χ0v) is 14.5. The van der Waals surface area contributed by atoms with Gasteiger partial charge in [-0.15, -0.1) is 0 Å². The molecular weight excluding hydrogens is 322 g/mol. The minimum Gasteiger partial charge on any atom is -0.350 e. The number of amides is 3. The third-order valence-corrected chi connectivity index (χ3v) is 4.60. The second-order valence-electron chi connectivity index (χ2n) is 6.51. The summed E-state index contributed by atoms with van der Waals surface area (Å²) in [6, 6.07) is 7.14. The highest BCUT2D eigenvalue weighted by Gasteiger charge is 2.31. The Morgan fingerprint density at radius 1 is 1.20 bits per heavy atom. The molecule has 0 unspecified atom stereocenters. The molecule has 0 bridgehead atoms. The van der Waals surface area contributed by atoms with E-state index < -0.39 is 0 Å². The normalized spacial score (nSPS) is 19.0. The van der Waals surface area contributed by atoms with E-state index in [0.29, 0.717) is 37.9 Å². The molecule has 2 N–H and O–H groups in total. The van der Waals surface area contributed by atoms with Gasteiger partial charge in [-0.1, -0.05) is 12.1 Å². The molecule has 0 aromatic heterocycles. The van der Waals surface area contributed by atoms with Gasteiger partial charge in [-0.05, 0) is 37.5 Å². The number of likely N-dealkylation sites (tertiary alicyclic amines) is 1. The molecule has 0 saturated carbocycles. The van der Waals surface area contributed by atoms with E-state index in [2.05, 4.69) is 10.6 Å². The predicted octanol–water partition coefficient (Wildman–Crippen LogP) is 1.73. The van der Waals surface area contributed by atoms with Crippen LogP contribution in [-0.4, -0.2) is 56.0 Å². The number of ether oxygens (including phenoxy) is 2. The first kappa shape index (κ1) is 17.7. The summed E-state index contributed by atoms with van der Waals surface area (Å²) in [5.41, 5.74) is 1.77. The van der Waals surface area contributed by atoms with E-state index in [4.69, 9.17) is 9.47 Å². The number of urea groups is 1. The van der Waals surface area contributed by atoms with Gasteiger partial charge in [-0.3, -0.25) is 4.79 Å². The fraction of sp³-hybridized carbons (Fsp3) is 0.556. The Morgan fingerprint density at radius 2 is 1.92 bits per heavy atom. The lowest BCUT2D eigenvalue weighted by atomic mass is 9.96. The predicted molar refractivity (Wildman–Crippen MR) is 93.2 cm³/mol. The van der Waals surface area contributed by atoms with Gasteiger partial charge in [-0.25, -0.2) is 4.79 Å². The maximum atomic E-state index is 12.3. The van der Waals surface area contributed by atoms with E-state index in [1.807, 2.05) is 31.2 Å². The summed E-state index contributed by atoms with van der Waals surface area (Å²) >= 11 is 0. The van der Waals surface area contributed by atoms with Crippen LogP contribution in [0.4, 0.5) is 10.5 Å². The average Bonchev–Trinajstić information content (AvgIpc) is 3.14. The summed E-state index contributed by atoms with van der Waals surface area (Å²) in [4.78, 5) is 26.0. The zero-order valence-electron chi connectivity index (χ0n) is 14.5. The second-order valence-corrected chi connectivity index (χ2v) is 6.51. The number of piperidine rings is 1. The number of carbonyl (C=O) groups is 2. The molecule has 2 saturated heterocycles. The molecule has 3 amide bonds. The van der Waals surface area contributed by atoms with Crippen molar-refractivity contribution >= 4 is 17.6 Å². The molecule has 2 heterocycles. The van der Waals surface area contributed by atoms with Crippen LogP contribution in [0.1, 0.15) is 18.4 Å². The first-order valence-corrected chi connectivity index (χ1v) is 8.74. The van der Waals surface area contributed by atoms with Crippen molar-refractivity contribution in [2.45, 2.75) is 26.1 Å². The summed E-state index contributed by atoms with van der Waals surface area (Å²) < 4.78 is 11.1. The molecule has 7 nitrogen and oxygen atoms in total.